The molecule has 0 bridgehead atoms. The number of hydrogen-bond acceptors (Lipinski definition) is 3. The second kappa shape index (κ2) is 4.98. The van der Waals surface area contributed by atoms with Gasteiger partial charge in [0.1, 0.15) is 5.82 Å². The fourth-order valence-electron chi connectivity index (χ4n) is 2.17. The van der Waals surface area contributed by atoms with Crippen LogP contribution in [0.15, 0.2) is 48.8 Å². The van der Waals surface area contributed by atoms with Crippen molar-refractivity contribution in [3.63, 3.8) is 0 Å². The minimum atomic E-state index is -0.378. The first-order valence-corrected chi connectivity index (χ1v) is 6.37. The van der Waals surface area contributed by atoms with Crippen molar-refractivity contribution < 1.29 is 4.39 Å². The molecule has 0 amide bonds. The molecule has 0 aliphatic heterocycles. The van der Waals surface area contributed by atoms with Gasteiger partial charge < -0.3 is 5.73 Å². The highest BCUT2D eigenvalue weighted by Gasteiger charge is 2.11. The summed E-state index contributed by atoms with van der Waals surface area (Å²) in [6.07, 6.45) is 3.29. The Hall–Kier alpha value is -2.33. The predicted molar refractivity (Wildman–Crippen MR) is 76.7 cm³/mol. The number of nitrogens with two attached hydrogens (primary N) is 1. The summed E-state index contributed by atoms with van der Waals surface area (Å²) in [5, 5.41) is 0. The molecular weight excluding hydrogens is 253 g/mol. The summed E-state index contributed by atoms with van der Waals surface area (Å²) >= 11 is 0. The van der Waals surface area contributed by atoms with Crippen molar-refractivity contribution in [2.75, 3.05) is 0 Å². The maximum absolute atomic E-state index is 13.6. The van der Waals surface area contributed by atoms with Crippen molar-refractivity contribution in [2.45, 2.75) is 13.0 Å². The lowest BCUT2D eigenvalue weighted by molar-refractivity contribution is 0.614. The number of rotatable bonds is 2. The van der Waals surface area contributed by atoms with Gasteiger partial charge in [0.15, 0.2) is 0 Å². The minimum Gasteiger partial charge on any atom is -0.320 e. The van der Waals surface area contributed by atoms with Gasteiger partial charge in [0.05, 0.1) is 17.1 Å². The minimum absolute atomic E-state index is 0.237. The van der Waals surface area contributed by atoms with E-state index in [4.69, 9.17) is 5.73 Å². The van der Waals surface area contributed by atoms with E-state index in [0.29, 0.717) is 5.56 Å². The summed E-state index contributed by atoms with van der Waals surface area (Å²) in [6, 6.07) is 10.4. The third kappa shape index (κ3) is 2.26. The lowest BCUT2D eigenvalue weighted by Gasteiger charge is -2.13. The largest absolute Gasteiger partial charge is 0.320 e. The van der Waals surface area contributed by atoms with E-state index < -0.39 is 0 Å². The second-order valence-electron chi connectivity index (χ2n) is 4.79. The Kier molecular flexibility index (Phi) is 3.16. The van der Waals surface area contributed by atoms with Crippen LogP contribution in [0, 0.1) is 12.7 Å². The molecule has 4 heteroatoms. The Morgan fingerprint density at radius 2 is 1.60 bits per heavy atom. The van der Waals surface area contributed by atoms with Crippen LogP contribution in [0.1, 0.15) is 22.7 Å². The van der Waals surface area contributed by atoms with Crippen molar-refractivity contribution in [2.24, 2.45) is 5.73 Å². The van der Waals surface area contributed by atoms with Crippen LogP contribution in [0.3, 0.4) is 0 Å². The molecule has 3 rings (SSSR count). The first-order chi connectivity index (χ1) is 9.65. The average molecular weight is 267 g/mol. The van der Waals surface area contributed by atoms with E-state index in [1.54, 1.807) is 25.4 Å². The molecule has 0 fully saturated rings. The third-order valence-corrected chi connectivity index (χ3v) is 3.41. The zero-order valence-electron chi connectivity index (χ0n) is 11.0. The molecule has 1 atom stereocenters. The van der Waals surface area contributed by atoms with E-state index in [9.17, 15) is 4.39 Å². The van der Waals surface area contributed by atoms with Crippen LogP contribution in [0.2, 0.25) is 0 Å². The van der Waals surface area contributed by atoms with Gasteiger partial charge in [-0.25, -0.2) is 4.39 Å². The number of benzene rings is 2. The van der Waals surface area contributed by atoms with Crippen molar-refractivity contribution in [3.05, 3.63) is 71.3 Å². The lowest BCUT2D eigenvalue weighted by Crippen LogP contribution is -2.12. The average Bonchev–Trinajstić information content (AvgIpc) is 2.49. The van der Waals surface area contributed by atoms with Crippen LogP contribution in [0.5, 0.6) is 0 Å². The first-order valence-electron chi connectivity index (χ1n) is 6.37. The summed E-state index contributed by atoms with van der Waals surface area (Å²) < 4.78 is 13.6. The molecule has 3 aromatic rings. The summed E-state index contributed by atoms with van der Waals surface area (Å²) in [5.41, 5.74) is 10.1. The van der Waals surface area contributed by atoms with E-state index in [1.165, 1.54) is 6.07 Å². The Morgan fingerprint density at radius 3 is 2.35 bits per heavy atom. The molecule has 0 saturated heterocycles. The molecule has 1 unspecified atom stereocenters. The molecule has 2 aromatic carbocycles. The molecule has 0 spiro atoms. The van der Waals surface area contributed by atoms with Gasteiger partial charge in [-0.05, 0) is 41.8 Å². The van der Waals surface area contributed by atoms with Crippen LogP contribution in [0.25, 0.3) is 11.0 Å². The topological polar surface area (TPSA) is 51.8 Å². The maximum Gasteiger partial charge on any atom is 0.126 e. The van der Waals surface area contributed by atoms with Gasteiger partial charge in [0, 0.05) is 12.4 Å². The highest BCUT2D eigenvalue weighted by Crippen LogP contribution is 2.23. The van der Waals surface area contributed by atoms with Gasteiger partial charge in [0.2, 0.25) is 0 Å². The molecule has 0 radical (unpaired) electrons. The molecule has 100 valence electrons. The van der Waals surface area contributed by atoms with Crippen LogP contribution in [-0.4, -0.2) is 9.97 Å². The van der Waals surface area contributed by atoms with Crippen molar-refractivity contribution >= 4 is 11.0 Å². The van der Waals surface area contributed by atoms with Crippen LogP contribution in [-0.2, 0) is 0 Å². The number of fused-ring (bicyclic) bond motifs is 1. The third-order valence-electron chi connectivity index (χ3n) is 3.41. The number of halogens is 1. The molecule has 20 heavy (non-hydrogen) atoms. The summed E-state index contributed by atoms with van der Waals surface area (Å²) in [5.74, 6) is -0.237. The van der Waals surface area contributed by atoms with Crippen molar-refractivity contribution in [3.8, 4) is 0 Å². The van der Waals surface area contributed by atoms with E-state index in [2.05, 4.69) is 9.97 Å². The van der Waals surface area contributed by atoms with E-state index in [0.717, 1.165) is 22.2 Å². The van der Waals surface area contributed by atoms with Gasteiger partial charge in [-0.2, -0.15) is 0 Å². The fraction of sp³-hybridized carbons (Fsp3) is 0.125. The smallest absolute Gasteiger partial charge is 0.126 e. The Balaban J connectivity index is 2.02. The quantitative estimate of drug-likeness (QED) is 0.776. The zero-order valence-corrected chi connectivity index (χ0v) is 11.0. The molecule has 1 aromatic heterocycles. The molecule has 0 aliphatic rings. The van der Waals surface area contributed by atoms with Gasteiger partial charge in [-0.3, -0.25) is 9.97 Å². The van der Waals surface area contributed by atoms with Gasteiger partial charge >= 0.3 is 0 Å². The van der Waals surface area contributed by atoms with E-state index in [-0.39, 0.29) is 11.9 Å². The van der Waals surface area contributed by atoms with Crippen molar-refractivity contribution in [1.29, 1.82) is 0 Å². The normalized spacial score (nSPS) is 12.6. The number of hydrogen-bond donors (Lipinski definition) is 1. The zero-order chi connectivity index (χ0) is 14.1. The van der Waals surface area contributed by atoms with Gasteiger partial charge in [-0.1, -0.05) is 18.2 Å². The monoisotopic (exact) mass is 267 g/mol. The molecular formula is C16H14FN3. The van der Waals surface area contributed by atoms with E-state index >= 15 is 0 Å². The van der Waals surface area contributed by atoms with Crippen LogP contribution >= 0.6 is 0 Å². The second-order valence-corrected chi connectivity index (χ2v) is 4.79. The lowest BCUT2D eigenvalue weighted by atomic mass is 9.98. The van der Waals surface area contributed by atoms with Crippen molar-refractivity contribution in [1.82, 2.24) is 9.97 Å². The molecule has 3 nitrogen and oxygen atoms in total. The van der Waals surface area contributed by atoms with Crippen LogP contribution in [0.4, 0.5) is 4.39 Å². The number of aryl methyl sites for hydroxylation is 1. The SMILES string of the molecule is Cc1ccc(C(N)c2ccc3nccnc3c2)cc1F. The summed E-state index contributed by atoms with van der Waals surface area (Å²) in [6.45, 7) is 1.73. The number of aromatic nitrogens is 2. The highest BCUT2D eigenvalue weighted by molar-refractivity contribution is 5.74. The summed E-state index contributed by atoms with van der Waals surface area (Å²) in [4.78, 5) is 8.47. The Labute approximate surface area is 116 Å². The van der Waals surface area contributed by atoms with Gasteiger partial charge in [0.25, 0.3) is 0 Å². The van der Waals surface area contributed by atoms with Crippen LogP contribution < -0.4 is 5.73 Å². The maximum atomic E-state index is 13.6. The van der Waals surface area contributed by atoms with Gasteiger partial charge in [-0.15, -0.1) is 0 Å². The standard InChI is InChI=1S/C16H14FN3/c1-10-2-3-11(8-13(10)17)16(18)12-4-5-14-15(9-12)20-7-6-19-14/h2-9,16H,18H2,1H3. The predicted octanol–water partition coefficient (Wildman–Crippen LogP) is 3.13. The first kappa shape index (κ1) is 12.7. The molecule has 0 saturated carbocycles. The molecule has 1 heterocycles. The molecule has 0 aliphatic carbocycles. The highest BCUT2D eigenvalue weighted by atomic mass is 19.1. The number of nitrogens with zero attached hydrogens (tertiary/aromatic N) is 2. The molecule has 2 N–H and O–H groups in total. The van der Waals surface area contributed by atoms with E-state index in [1.807, 2.05) is 24.3 Å². The fourth-order valence-corrected chi connectivity index (χ4v) is 2.17. The summed E-state index contributed by atoms with van der Waals surface area (Å²) in [7, 11) is 0. The Bertz CT molecular complexity index is 771. The Morgan fingerprint density at radius 1 is 0.950 bits per heavy atom.